The van der Waals surface area contributed by atoms with Gasteiger partial charge >= 0.3 is 0 Å². The van der Waals surface area contributed by atoms with E-state index < -0.39 is 0 Å². The van der Waals surface area contributed by atoms with Crippen molar-refractivity contribution in [2.45, 2.75) is 6.92 Å². The summed E-state index contributed by atoms with van der Waals surface area (Å²) in [5, 5.41) is 3.60. The Morgan fingerprint density at radius 3 is 2.60 bits per heavy atom. The molecular weight excluding hydrogens is 192 g/mol. The van der Waals surface area contributed by atoms with E-state index in [1.807, 2.05) is 30.3 Å². The van der Waals surface area contributed by atoms with Gasteiger partial charge in [0.05, 0.1) is 0 Å². The first-order valence-corrected chi connectivity index (χ1v) is 4.51. The van der Waals surface area contributed by atoms with Crippen molar-refractivity contribution in [2.24, 2.45) is 0 Å². The highest BCUT2D eigenvalue weighted by atomic mass is 16.5. The maximum absolute atomic E-state index is 11.3. The quantitative estimate of drug-likeness (QED) is 0.757. The minimum atomic E-state index is -0.146. The number of Topliss-reactive ketones (excluding diaryl/α,β-unsaturated/α-hetero) is 1. The highest BCUT2D eigenvalue weighted by Crippen LogP contribution is 2.27. The second kappa shape index (κ2) is 3.57. The molecule has 0 amide bonds. The average Bonchev–Trinajstić information content (AvgIpc) is 2.61. The van der Waals surface area contributed by atoms with E-state index in [9.17, 15) is 4.79 Å². The number of carbonyl (C=O) groups excluding carboxylic acids is 1. The second-order valence-electron chi connectivity index (χ2n) is 3.19. The molecule has 2 aromatic rings. The van der Waals surface area contributed by atoms with Gasteiger partial charge in [0.25, 0.3) is 0 Å². The van der Waals surface area contributed by atoms with Crippen LogP contribution < -0.4 is 5.73 Å². The van der Waals surface area contributed by atoms with Crippen molar-refractivity contribution < 1.29 is 9.32 Å². The van der Waals surface area contributed by atoms with Crippen LogP contribution in [0.3, 0.4) is 0 Å². The molecule has 0 bridgehead atoms. The van der Waals surface area contributed by atoms with E-state index in [0.717, 1.165) is 5.56 Å². The molecule has 0 aliphatic rings. The van der Waals surface area contributed by atoms with E-state index in [1.165, 1.54) is 6.92 Å². The summed E-state index contributed by atoms with van der Waals surface area (Å²) in [7, 11) is 0. The molecule has 1 aromatic heterocycles. The molecule has 0 aliphatic carbocycles. The summed E-state index contributed by atoms with van der Waals surface area (Å²) in [6.45, 7) is 1.44. The minimum Gasteiger partial charge on any atom is -0.380 e. The summed E-state index contributed by atoms with van der Waals surface area (Å²) >= 11 is 0. The first-order chi connectivity index (χ1) is 7.20. The van der Waals surface area contributed by atoms with Gasteiger partial charge in [-0.3, -0.25) is 4.79 Å². The molecule has 0 fully saturated rings. The van der Waals surface area contributed by atoms with E-state index in [0.29, 0.717) is 11.3 Å². The van der Waals surface area contributed by atoms with E-state index in [-0.39, 0.29) is 11.6 Å². The maximum Gasteiger partial charge on any atom is 0.179 e. The molecular formula is C11H10N2O2. The fourth-order valence-corrected chi connectivity index (χ4v) is 1.43. The lowest BCUT2D eigenvalue weighted by Crippen LogP contribution is -1.98. The van der Waals surface area contributed by atoms with Gasteiger partial charge < -0.3 is 10.3 Å². The third kappa shape index (κ3) is 1.61. The molecule has 1 heterocycles. The highest BCUT2D eigenvalue weighted by molar-refractivity contribution is 6.03. The van der Waals surface area contributed by atoms with Crippen LogP contribution in [0.4, 0.5) is 5.82 Å². The summed E-state index contributed by atoms with van der Waals surface area (Å²) < 4.78 is 5.05. The van der Waals surface area contributed by atoms with Crippen LogP contribution in [0.1, 0.15) is 17.3 Å². The third-order valence-electron chi connectivity index (χ3n) is 2.11. The summed E-state index contributed by atoms with van der Waals surface area (Å²) in [6, 6.07) is 9.28. The zero-order chi connectivity index (χ0) is 10.8. The molecule has 1 aromatic carbocycles. The molecule has 0 saturated heterocycles. The van der Waals surface area contributed by atoms with Gasteiger partial charge in [0.15, 0.2) is 17.4 Å². The fraction of sp³-hybridized carbons (Fsp3) is 0.0909. The lowest BCUT2D eigenvalue weighted by atomic mass is 10.1. The number of nitrogens with two attached hydrogens (primary N) is 1. The van der Waals surface area contributed by atoms with Crippen LogP contribution in [0.25, 0.3) is 11.3 Å². The molecule has 76 valence electrons. The number of aromatic nitrogens is 1. The van der Waals surface area contributed by atoms with Gasteiger partial charge in [-0.15, -0.1) is 0 Å². The molecule has 2 rings (SSSR count). The lowest BCUT2D eigenvalue weighted by Gasteiger charge is -1.97. The van der Waals surface area contributed by atoms with Crippen molar-refractivity contribution in [3.8, 4) is 11.3 Å². The largest absolute Gasteiger partial charge is 0.380 e. The topological polar surface area (TPSA) is 69.1 Å². The number of anilines is 1. The predicted octanol–water partition coefficient (Wildman–Crippen LogP) is 2.13. The Hall–Kier alpha value is -2.10. The summed E-state index contributed by atoms with van der Waals surface area (Å²) in [4.78, 5) is 11.3. The van der Waals surface area contributed by atoms with Gasteiger partial charge in [0.1, 0.15) is 5.56 Å². The average molecular weight is 202 g/mol. The molecule has 0 aliphatic heterocycles. The normalized spacial score (nSPS) is 10.2. The molecule has 0 saturated carbocycles. The molecule has 0 unspecified atom stereocenters. The Morgan fingerprint density at radius 2 is 2.00 bits per heavy atom. The van der Waals surface area contributed by atoms with Gasteiger partial charge in [0, 0.05) is 5.56 Å². The fourth-order valence-electron chi connectivity index (χ4n) is 1.43. The lowest BCUT2D eigenvalue weighted by molar-refractivity contribution is 0.101. The van der Waals surface area contributed by atoms with E-state index >= 15 is 0 Å². The first-order valence-electron chi connectivity index (χ1n) is 4.51. The second-order valence-corrected chi connectivity index (χ2v) is 3.19. The van der Waals surface area contributed by atoms with Gasteiger partial charge in [0.2, 0.25) is 0 Å². The number of rotatable bonds is 2. The predicted molar refractivity (Wildman–Crippen MR) is 56.4 cm³/mol. The molecule has 0 radical (unpaired) electrons. The number of nitrogens with zero attached hydrogens (tertiary/aromatic N) is 1. The van der Waals surface area contributed by atoms with Crippen LogP contribution in [0.15, 0.2) is 34.9 Å². The Balaban J connectivity index is 2.59. The standard InChI is InChI=1S/C11H10N2O2/c1-7(14)9-10(15-13-11(9)12)8-5-3-2-4-6-8/h2-6H,1H3,(H2,12,13). The summed E-state index contributed by atoms with van der Waals surface area (Å²) in [6.07, 6.45) is 0. The van der Waals surface area contributed by atoms with Crippen molar-refractivity contribution in [3.05, 3.63) is 35.9 Å². The van der Waals surface area contributed by atoms with Crippen molar-refractivity contribution in [1.29, 1.82) is 0 Å². The number of carbonyl (C=O) groups is 1. The van der Waals surface area contributed by atoms with E-state index in [2.05, 4.69) is 5.16 Å². The number of hydrogen-bond donors (Lipinski definition) is 1. The van der Waals surface area contributed by atoms with Gasteiger partial charge in [-0.25, -0.2) is 0 Å². The zero-order valence-electron chi connectivity index (χ0n) is 8.23. The van der Waals surface area contributed by atoms with Gasteiger partial charge in [-0.1, -0.05) is 35.5 Å². The summed E-state index contributed by atoms with van der Waals surface area (Å²) in [5.41, 5.74) is 6.70. The van der Waals surface area contributed by atoms with Crippen molar-refractivity contribution in [3.63, 3.8) is 0 Å². The number of benzene rings is 1. The number of hydrogen-bond acceptors (Lipinski definition) is 4. The van der Waals surface area contributed by atoms with Crippen LogP contribution >= 0.6 is 0 Å². The van der Waals surface area contributed by atoms with Gasteiger partial charge in [-0.05, 0) is 6.92 Å². The Labute approximate surface area is 86.7 Å². The zero-order valence-corrected chi connectivity index (χ0v) is 8.23. The minimum absolute atomic E-state index is 0.140. The smallest absolute Gasteiger partial charge is 0.179 e. The van der Waals surface area contributed by atoms with Crippen LogP contribution in [0.5, 0.6) is 0 Å². The van der Waals surface area contributed by atoms with Crippen LogP contribution in [-0.2, 0) is 0 Å². The van der Waals surface area contributed by atoms with Crippen LogP contribution in [0, 0.1) is 0 Å². The molecule has 4 nitrogen and oxygen atoms in total. The molecule has 0 spiro atoms. The highest BCUT2D eigenvalue weighted by Gasteiger charge is 2.18. The van der Waals surface area contributed by atoms with E-state index in [1.54, 1.807) is 0 Å². The van der Waals surface area contributed by atoms with Gasteiger partial charge in [-0.2, -0.15) is 0 Å². The molecule has 4 heteroatoms. The monoisotopic (exact) mass is 202 g/mol. The SMILES string of the molecule is CC(=O)c1c(N)noc1-c1ccccc1. The van der Waals surface area contributed by atoms with E-state index in [4.69, 9.17) is 10.3 Å². The third-order valence-corrected chi connectivity index (χ3v) is 2.11. The Kier molecular flexibility index (Phi) is 2.25. The maximum atomic E-state index is 11.3. The molecule has 2 N–H and O–H groups in total. The van der Waals surface area contributed by atoms with Crippen molar-refractivity contribution in [1.82, 2.24) is 5.16 Å². The van der Waals surface area contributed by atoms with Crippen molar-refractivity contribution >= 4 is 11.6 Å². The number of nitrogen functional groups attached to an aromatic ring is 1. The van der Waals surface area contributed by atoms with Crippen LogP contribution in [-0.4, -0.2) is 10.9 Å². The molecule has 0 atom stereocenters. The Bertz CT molecular complexity index is 489. The Morgan fingerprint density at radius 1 is 1.33 bits per heavy atom. The number of ketones is 1. The first kappa shape index (κ1) is 9.45. The summed E-state index contributed by atoms with van der Waals surface area (Å²) in [5.74, 6) is 0.426. The van der Waals surface area contributed by atoms with Crippen LogP contribution in [0.2, 0.25) is 0 Å². The van der Waals surface area contributed by atoms with Crippen molar-refractivity contribution in [2.75, 3.05) is 5.73 Å². The molecule has 15 heavy (non-hydrogen) atoms.